The number of carbonyl (C=O) groups excluding carboxylic acids is 1. The largest absolute Gasteiger partial charge is 0.343 e. The van der Waals surface area contributed by atoms with Gasteiger partial charge in [-0.15, -0.1) is 0 Å². The molecular formula is C13H24N2O. The van der Waals surface area contributed by atoms with E-state index in [4.69, 9.17) is 0 Å². The first kappa shape index (κ1) is 11.9. The molecule has 2 rings (SSSR count). The number of hydrogen-bond donors (Lipinski definition) is 1. The summed E-state index contributed by atoms with van der Waals surface area (Å²) in [5.74, 6) is 1.23. The van der Waals surface area contributed by atoms with Crippen LogP contribution in [0.1, 0.15) is 46.0 Å². The topological polar surface area (TPSA) is 32.3 Å². The van der Waals surface area contributed by atoms with Gasteiger partial charge in [0, 0.05) is 32.1 Å². The standard InChI is InChI=1S/C13H24N2O/c1-10(9-12-3-4-12)14-13-5-7-15(8-6-13)11(2)16/h10,12-14H,3-9H2,1-2H3. The van der Waals surface area contributed by atoms with E-state index in [0.29, 0.717) is 12.1 Å². The van der Waals surface area contributed by atoms with Crippen molar-refractivity contribution in [3.05, 3.63) is 0 Å². The highest BCUT2D eigenvalue weighted by Crippen LogP contribution is 2.33. The molecule has 0 aromatic carbocycles. The molecule has 2 fully saturated rings. The number of amides is 1. The summed E-state index contributed by atoms with van der Waals surface area (Å²) >= 11 is 0. The Labute approximate surface area is 98.6 Å². The van der Waals surface area contributed by atoms with Gasteiger partial charge in [0.05, 0.1) is 0 Å². The summed E-state index contributed by atoms with van der Waals surface area (Å²) in [4.78, 5) is 13.1. The highest BCUT2D eigenvalue weighted by atomic mass is 16.2. The summed E-state index contributed by atoms with van der Waals surface area (Å²) in [6.07, 6.45) is 6.46. The van der Waals surface area contributed by atoms with Gasteiger partial charge in [-0.05, 0) is 32.1 Å². The number of hydrogen-bond acceptors (Lipinski definition) is 2. The van der Waals surface area contributed by atoms with Crippen LogP contribution < -0.4 is 5.32 Å². The second kappa shape index (κ2) is 5.17. The molecule has 0 bridgehead atoms. The van der Waals surface area contributed by atoms with Gasteiger partial charge in [-0.2, -0.15) is 0 Å². The van der Waals surface area contributed by atoms with Gasteiger partial charge in [-0.25, -0.2) is 0 Å². The molecule has 1 N–H and O–H groups in total. The van der Waals surface area contributed by atoms with E-state index in [1.807, 2.05) is 4.90 Å². The van der Waals surface area contributed by atoms with Crippen molar-refractivity contribution in [1.82, 2.24) is 10.2 Å². The first-order valence-corrected chi connectivity index (χ1v) is 6.66. The van der Waals surface area contributed by atoms with Crippen LogP contribution in [0.2, 0.25) is 0 Å². The van der Waals surface area contributed by atoms with Gasteiger partial charge < -0.3 is 10.2 Å². The molecule has 1 aliphatic heterocycles. The molecule has 92 valence electrons. The number of nitrogens with zero attached hydrogens (tertiary/aromatic N) is 1. The Morgan fingerprint density at radius 1 is 1.31 bits per heavy atom. The SMILES string of the molecule is CC(=O)N1CCC(NC(C)CC2CC2)CC1. The van der Waals surface area contributed by atoms with Crippen molar-refractivity contribution < 1.29 is 4.79 Å². The van der Waals surface area contributed by atoms with Crippen LogP contribution >= 0.6 is 0 Å². The average molecular weight is 224 g/mol. The molecule has 1 amide bonds. The monoisotopic (exact) mass is 224 g/mol. The van der Waals surface area contributed by atoms with Gasteiger partial charge in [-0.3, -0.25) is 4.79 Å². The molecule has 1 saturated carbocycles. The zero-order valence-corrected chi connectivity index (χ0v) is 10.5. The Kier molecular flexibility index (Phi) is 3.85. The lowest BCUT2D eigenvalue weighted by atomic mass is 10.0. The van der Waals surface area contributed by atoms with Crippen LogP contribution in [0, 0.1) is 5.92 Å². The average Bonchev–Trinajstić information content (AvgIpc) is 3.02. The van der Waals surface area contributed by atoms with Crippen molar-refractivity contribution in [3.8, 4) is 0 Å². The number of piperidine rings is 1. The lowest BCUT2D eigenvalue weighted by Crippen LogP contribution is -2.46. The maximum Gasteiger partial charge on any atom is 0.219 e. The number of likely N-dealkylation sites (tertiary alicyclic amines) is 1. The fraction of sp³-hybridized carbons (Fsp3) is 0.923. The number of carbonyl (C=O) groups is 1. The highest BCUT2D eigenvalue weighted by molar-refractivity contribution is 5.73. The van der Waals surface area contributed by atoms with Crippen molar-refractivity contribution >= 4 is 5.91 Å². The van der Waals surface area contributed by atoms with E-state index in [-0.39, 0.29) is 5.91 Å². The summed E-state index contributed by atoms with van der Waals surface area (Å²) in [7, 11) is 0. The number of nitrogens with one attached hydrogen (secondary N) is 1. The molecule has 16 heavy (non-hydrogen) atoms. The van der Waals surface area contributed by atoms with Crippen molar-refractivity contribution in [2.24, 2.45) is 5.92 Å². The molecule has 0 aromatic heterocycles. The summed E-state index contributed by atoms with van der Waals surface area (Å²) in [6.45, 7) is 5.84. The lowest BCUT2D eigenvalue weighted by Gasteiger charge is -2.33. The molecule has 0 radical (unpaired) electrons. The van der Waals surface area contributed by atoms with Crippen LogP contribution in [0.15, 0.2) is 0 Å². The van der Waals surface area contributed by atoms with Crippen LogP contribution in [0.25, 0.3) is 0 Å². The molecule has 1 saturated heterocycles. The minimum absolute atomic E-state index is 0.226. The maximum atomic E-state index is 11.2. The molecule has 3 nitrogen and oxygen atoms in total. The lowest BCUT2D eigenvalue weighted by molar-refractivity contribution is -0.129. The van der Waals surface area contributed by atoms with E-state index in [2.05, 4.69) is 12.2 Å². The zero-order valence-electron chi connectivity index (χ0n) is 10.5. The first-order chi connectivity index (χ1) is 7.65. The number of rotatable bonds is 4. The van der Waals surface area contributed by atoms with Gasteiger partial charge in [0.15, 0.2) is 0 Å². The Balaban J connectivity index is 1.65. The molecule has 1 heterocycles. The van der Waals surface area contributed by atoms with Gasteiger partial charge in [-0.1, -0.05) is 12.8 Å². The van der Waals surface area contributed by atoms with Crippen LogP contribution in [-0.2, 0) is 4.79 Å². The van der Waals surface area contributed by atoms with E-state index in [1.54, 1.807) is 6.92 Å². The Morgan fingerprint density at radius 3 is 2.44 bits per heavy atom. The minimum atomic E-state index is 0.226. The van der Waals surface area contributed by atoms with E-state index in [0.717, 1.165) is 31.8 Å². The summed E-state index contributed by atoms with van der Waals surface area (Å²) in [5, 5.41) is 3.71. The quantitative estimate of drug-likeness (QED) is 0.789. The van der Waals surface area contributed by atoms with Gasteiger partial charge in [0.2, 0.25) is 5.91 Å². The van der Waals surface area contributed by atoms with Crippen LogP contribution in [-0.4, -0.2) is 36.0 Å². The fourth-order valence-corrected chi connectivity index (χ4v) is 2.69. The molecule has 1 atom stereocenters. The highest BCUT2D eigenvalue weighted by Gasteiger charge is 2.26. The normalized spacial score (nSPS) is 24.5. The summed E-state index contributed by atoms with van der Waals surface area (Å²) < 4.78 is 0. The molecule has 1 unspecified atom stereocenters. The van der Waals surface area contributed by atoms with Crippen LogP contribution in [0.5, 0.6) is 0 Å². The van der Waals surface area contributed by atoms with E-state index in [9.17, 15) is 4.79 Å². The first-order valence-electron chi connectivity index (χ1n) is 6.66. The van der Waals surface area contributed by atoms with E-state index in [1.165, 1.54) is 19.3 Å². The molecule has 0 aromatic rings. The summed E-state index contributed by atoms with van der Waals surface area (Å²) in [6, 6.07) is 1.28. The van der Waals surface area contributed by atoms with E-state index >= 15 is 0 Å². The zero-order chi connectivity index (χ0) is 11.5. The predicted octanol–water partition coefficient (Wildman–Crippen LogP) is 1.78. The molecule has 2 aliphatic rings. The smallest absolute Gasteiger partial charge is 0.219 e. The Bertz CT molecular complexity index is 242. The fourth-order valence-electron chi connectivity index (χ4n) is 2.69. The van der Waals surface area contributed by atoms with E-state index < -0.39 is 0 Å². The second-order valence-electron chi connectivity index (χ2n) is 5.53. The van der Waals surface area contributed by atoms with Crippen molar-refractivity contribution in [1.29, 1.82) is 0 Å². The summed E-state index contributed by atoms with van der Waals surface area (Å²) in [5.41, 5.74) is 0. The molecule has 1 aliphatic carbocycles. The third kappa shape index (κ3) is 3.48. The molecular weight excluding hydrogens is 200 g/mol. The van der Waals surface area contributed by atoms with Gasteiger partial charge in [0.25, 0.3) is 0 Å². The maximum absolute atomic E-state index is 11.2. The third-order valence-electron chi connectivity index (χ3n) is 3.84. The third-order valence-corrected chi connectivity index (χ3v) is 3.84. The minimum Gasteiger partial charge on any atom is -0.343 e. The van der Waals surface area contributed by atoms with Gasteiger partial charge in [0.1, 0.15) is 0 Å². The predicted molar refractivity (Wildman–Crippen MR) is 65.2 cm³/mol. The van der Waals surface area contributed by atoms with Crippen molar-refractivity contribution in [3.63, 3.8) is 0 Å². The molecule has 3 heteroatoms. The Morgan fingerprint density at radius 2 is 1.94 bits per heavy atom. The van der Waals surface area contributed by atoms with Crippen molar-refractivity contribution in [2.75, 3.05) is 13.1 Å². The van der Waals surface area contributed by atoms with Gasteiger partial charge >= 0.3 is 0 Å². The van der Waals surface area contributed by atoms with Crippen LogP contribution in [0.3, 0.4) is 0 Å². The Hall–Kier alpha value is -0.570. The van der Waals surface area contributed by atoms with Crippen molar-refractivity contribution in [2.45, 2.75) is 58.0 Å². The molecule has 0 spiro atoms. The second-order valence-corrected chi connectivity index (χ2v) is 5.53. The van der Waals surface area contributed by atoms with Crippen LogP contribution in [0.4, 0.5) is 0 Å².